The van der Waals surface area contributed by atoms with E-state index in [2.05, 4.69) is 4.98 Å². The number of aromatic amines is 1. The number of hydrogen-bond acceptors (Lipinski definition) is 3. The standard InChI is InChI=1S/C15H16N2O4/c1-9(15(20)21)8-17(2)14(19)11-5-3-4-10-6-7-12(18)16-13(10)11/h3-7,9H,8H2,1-2H3,(H,16,18)(H,20,21). The number of rotatable bonds is 4. The first-order valence-corrected chi connectivity index (χ1v) is 6.50. The number of para-hydroxylation sites is 1. The summed E-state index contributed by atoms with van der Waals surface area (Å²) in [4.78, 5) is 38.7. The van der Waals surface area contributed by atoms with Crippen LogP contribution in [0.25, 0.3) is 10.9 Å². The van der Waals surface area contributed by atoms with Crippen LogP contribution in [0.3, 0.4) is 0 Å². The molecule has 0 spiro atoms. The number of nitrogens with zero attached hydrogens (tertiary/aromatic N) is 1. The lowest BCUT2D eigenvalue weighted by atomic mass is 10.1. The topological polar surface area (TPSA) is 90.5 Å². The molecule has 0 radical (unpaired) electrons. The minimum absolute atomic E-state index is 0.0988. The highest BCUT2D eigenvalue weighted by Crippen LogP contribution is 2.16. The summed E-state index contributed by atoms with van der Waals surface area (Å²) in [6, 6.07) is 8.17. The van der Waals surface area contributed by atoms with Crippen molar-refractivity contribution in [3.63, 3.8) is 0 Å². The number of benzene rings is 1. The van der Waals surface area contributed by atoms with Crippen LogP contribution in [0.2, 0.25) is 0 Å². The molecule has 110 valence electrons. The summed E-state index contributed by atoms with van der Waals surface area (Å²) in [6.45, 7) is 1.64. The van der Waals surface area contributed by atoms with Gasteiger partial charge < -0.3 is 15.0 Å². The number of carbonyl (C=O) groups is 2. The zero-order valence-electron chi connectivity index (χ0n) is 11.8. The molecule has 1 heterocycles. The highest BCUT2D eigenvalue weighted by atomic mass is 16.4. The van der Waals surface area contributed by atoms with E-state index in [-0.39, 0.29) is 18.0 Å². The summed E-state index contributed by atoms with van der Waals surface area (Å²) in [7, 11) is 1.54. The fourth-order valence-corrected chi connectivity index (χ4v) is 2.13. The molecule has 6 heteroatoms. The summed E-state index contributed by atoms with van der Waals surface area (Å²) in [5.41, 5.74) is 0.527. The van der Waals surface area contributed by atoms with Crippen molar-refractivity contribution >= 4 is 22.8 Å². The van der Waals surface area contributed by atoms with Crippen LogP contribution < -0.4 is 5.56 Å². The van der Waals surface area contributed by atoms with Gasteiger partial charge >= 0.3 is 5.97 Å². The van der Waals surface area contributed by atoms with Gasteiger partial charge in [-0.2, -0.15) is 0 Å². The molecule has 6 nitrogen and oxygen atoms in total. The number of nitrogens with one attached hydrogen (secondary N) is 1. The molecule has 1 aromatic heterocycles. The SMILES string of the molecule is CC(CN(C)C(=O)c1cccc2ccc(=O)[nH]c12)C(=O)O. The first kappa shape index (κ1) is 14.8. The fraction of sp³-hybridized carbons (Fsp3) is 0.267. The molecule has 21 heavy (non-hydrogen) atoms. The van der Waals surface area contributed by atoms with Gasteiger partial charge in [0.15, 0.2) is 0 Å². The van der Waals surface area contributed by atoms with Crippen molar-refractivity contribution in [2.45, 2.75) is 6.92 Å². The summed E-state index contributed by atoms with van der Waals surface area (Å²) < 4.78 is 0. The Bertz CT molecular complexity index is 751. The molecule has 1 unspecified atom stereocenters. The maximum atomic E-state index is 12.4. The Morgan fingerprint density at radius 2 is 2.00 bits per heavy atom. The smallest absolute Gasteiger partial charge is 0.308 e. The van der Waals surface area contributed by atoms with Crippen LogP contribution >= 0.6 is 0 Å². The highest BCUT2D eigenvalue weighted by molar-refractivity contribution is 6.05. The molecule has 1 amide bonds. The van der Waals surface area contributed by atoms with E-state index in [9.17, 15) is 14.4 Å². The second-order valence-corrected chi connectivity index (χ2v) is 5.02. The molecule has 2 rings (SSSR count). The average Bonchev–Trinajstić information content (AvgIpc) is 2.45. The maximum absolute atomic E-state index is 12.4. The molecule has 0 aliphatic rings. The average molecular weight is 288 g/mol. The first-order chi connectivity index (χ1) is 9.90. The maximum Gasteiger partial charge on any atom is 0.308 e. The van der Waals surface area contributed by atoms with E-state index in [4.69, 9.17) is 5.11 Å². The summed E-state index contributed by atoms with van der Waals surface area (Å²) in [6.07, 6.45) is 0. The van der Waals surface area contributed by atoms with Crippen LogP contribution in [0.4, 0.5) is 0 Å². The van der Waals surface area contributed by atoms with Crippen LogP contribution in [0, 0.1) is 5.92 Å². The van der Waals surface area contributed by atoms with Crippen LogP contribution in [0.1, 0.15) is 17.3 Å². The van der Waals surface area contributed by atoms with Crippen LogP contribution in [0.5, 0.6) is 0 Å². The predicted molar refractivity (Wildman–Crippen MR) is 78.3 cm³/mol. The minimum atomic E-state index is -0.957. The third-order valence-electron chi connectivity index (χ3n) is 3.31. The van der Waals surface area contributed by atoms with Gasteiger partial charge in [-0.15, -0.1) is 0 Å². The van der Waals surface area contributed by atoms with Gasteiger partial charge in [0.05, 0.1) is 17.0 Å². The lowest BCUT2D eigenvalue weighted by molar-refractivity contribution is -0.141. The summed E-state index contributed by atoms with van der Waals surface area (Å²) in [5, 5.41) is 9.66. The van der Waals surface area contributed by atoms with E-state index in [1.807, 2.05) is 0 Å². The minimum Gasteiger partial charge on any atom is -0.481 e. The van der Waals surface area contributed by atoms with Crippen LogP contribution in [0.15, 0.2) is 35.1 Å². The van der Waals surface area contributed by atoms with Gasteiger partial charge in [-0.3, -0.25) is 14.4 Å². The van der Waals surface area contributed by atoms with E-state index < -0.39 is 11.9 Å². The van der Waals surface area contributed by atoms with Crippen LogP contribution in [-0.2, 0) is 4.79 Å². The van der Waals surface area contributed by atoms with Crippen molar-refractivity contribution in [3.8, 4) is 0 Å². The quantitative estimate of drug-likeness (QED) is 0.887. The second-order valence-electron chi connectivity index (χ2n) is 5.02. The van der Waals surface area contributed by atoms with Crippen molar-refractivity contribution in [2.24, 2.45) is 5.92 Å². The number of carbonyl (C=O) groups excluding carboxylic acids is 1. The molecule has 0 fully saturated rings. The molecular formula is C15H16N2O4. The number of pyridine rings is 1. The first-order valence-electron chi connectivity index (χ1n) is 6.50. The van der Waals surface area contributed by atoms with Crippen LogP contribution in [-0.4, -0.2) is 40.5 Å². The summed E-state index contributed by atoms with van der Waals surface area (Å²) >= 11 is 0. The fourth-order valence-electron chi connectivity index (χ4n) is 2.13. The highest BCUT2D eigenvalue weighted by Gasteiger charge is 2.20. The number of H-pyrrole nitrogens is 1. The molecule has 2 N–H and O–H groups in total. The molecule has 0 saturated heterocycles. The Morgan fingerprint density at radius 3 is 2.67 bits per heavy atom. The molecule has 1 aromatic carbocycles. The monoisotopic (exact) mass is 288 g/mol. The van der Waals surface area contributed by atoms with E-state index in [0.29, 0.717) is 11.1 Å². The molecule has 1 atom stereocenters. The van der Waals surface area contributed by atoms with Gasteiger partial charge in [-0.25, -0.2) is 0 Å². The van der Waals surface area contributed by atoms with Crippen molar-refractivity contribution < 1.29 is 14.7 Å². The number of fused-ring (bicyclic) bond motifs is 1. The van der Waals surface area contributed by atoms with E-state index in [1.54, 1.807) is 31.3 Å². The Kier molecular flexibility index (Phi) is 4.07. The van der Waals surface area contributed by atoms with Crippen molar-refractivity contribution in [3.05, 3.63) is 46.2 Å². The number of hydrogen-bond donors (Lipinski definition) is 2. The molecule has 0 aliphatic heterocycles. The molecular weight excluding hydrogens is 272 g/mol. The van der Waals surface area contributed by atoms with Crippen molar-refractivity contribution in [2.75, 3.05) is 13.6 Å². The molecule has 2 aromatic rings. The van der Waals surface area contributed by atoms with E-state index in [0.717, 1.165) is 5.39 Å². The Balaban J connectivity index is 2.37. The third-order valence-corrected chi connectivity index (χ3v) is 3.31. The zero-order valence-corrected chi connectivity index (χ0v) is 11.8. The van der Waals surface area contributed by atoms with Crippen molar-refractivity contribution in [1.29, 1.82) is 0 Å². The number of carboxylic acids is 1. The number of carboxylic acid groups (broad SMARTS) is 1. The lowest BCUT2D eigenvalue weighted by Gasteiger charge is -2.20. The molecule has 0 saturated carbocycles. The predicted octanol–water partition coefficient (Wildman–Crippen LogP) is 1.32. The Morgan fingerprint density at radius 1 is 1.29 bits per heavy atom. The number of aliphatic carboxylic acids is 1. The summed E-state index contributed by atoms with van der Waals surface area (Å²) in [5.74, 6) is -1.94. The number of amides is 1. The second kappa shape index (κ2) is 5.78. The Labute approximate surface area is 121 Å². The van der Waals surface area contributed by atoms with Gasteiger partial charge in [0, 0.05) is 19.7 Å². The van der Waals surface area contributed by atoms with Gasteiger partial charge in [-0.1, -0.05) is 19.1 Å². The van der Waals surface area contributed by atoms with E-state index >= 15 is 0 Å². The molecule has 0 aliphatic carbocycles. The lowest BCUT2D eigenvalue weighted by Crippen LogP contribution is -2.34. The van der Waals surface area contributed by atoms with Gasteiger partial charge in [0.25, 0.3) is 5.91 Å². The molecule has 0 bridgehead atoms. The van der Waals surface area contributed by atoms with Gasteiger partial charge in [0.1, 0.15) is 0 Å². The largest absolute Gasteiger partial charge is 0.481 e. The third kappa shape index (κ3) is 3.10. The number of aromatic nitrogens is 1. The van der Waals surface area contributed by atoms with E-state index in [1.165, 1.54) is 17.9 Å². The van der Waals surface area contributed by atoms with Gasteiger partial charge in [-0.05, 0) is 17.5 Å². The Hall–Kier alpha value is -2.63. The van der Waals surface area contributed by atoms with Crippen molar-refractivity contribution in [1.82, 2.24) is 9.88 Å². The normalized spacial score (nSPS) is 12.1. The zero-order chi connectivity index (χ0) is 15.6. The van der Waals surface area contributed by atoms with Gasteiger partial charge in [0.2, 0.25) is 5.56 Å².